The molecule has 1 atom stereocenters. The maximum absolute atomic E-state index is 12.3. The fourth-order valence-electron chi connectivity index (χ4n) is 1.83. The number of sulfonamides is 1. The van der Waals surface area contributed by atoms with Crippen LogP contribution in [0.25, 0.3) is 0 Å². The Labute approximate surface area is 123 Å². The van der Waals surface area contributed by atoms with Crippen molar-refractivity contribution < 1.29 is 8.42 Å². The molecule has 4 nitrogen and oxygen atoms in total. The molecule has 6 heteroatoms. The zero-order valence-corrected chi connectivity index (χ0v) is 13.1. The molecule has 0 amide bonds. The van der Waals surface area contributed by atoms with Crippen LogP contribution >= 0.6 is 11.3 Å². The highest BCUT2D eigenvalue weighted by atomic mass is 32.2. The summed E-state index contributed by atoms with van der Waals surface area (Å²) in [5.41, 5.74) is 7.59. The number of thiophene rings is 1. The second-order valence-corrected chi connectivity index (χ2v) is 7.42. The minimum Gasteiger partial charge on any atom is -0.326 e. The maximum Gasteiger partial charge on any atom is 0.241 e. The average Bonchev–Trinajstić information content (AvgIpc) is 2.88. The van der Waals surface area contributed by atoms with Gasteiger partial charge in [-0.05, 0) is 25.5 Å². The van der Waals surface area contributed by atoms with E-state index in [-0.39, 0.29) is 10.9 Å². The molecule has 1 unspecified atom stereocenters. The normalized spacial score (nSPS) is 13.3. The van der Waals surface area contributed by atoms with Gasteiger partial charge in [0.1, 0.15) is 0 Å². The van der Waals surface area contributed by atoms with E-state index >= 15 is 0 Å². The molecule has 0 bridgehead atoms. The molecule has 0 spiro atoms. The summed E-state index contributed by atoms with van der Waals surface area (Å²) in [6.07, 6.45) is 0. The van der Waals surface area contributed by atoms with E-state index in [0.717, 1.165) is 16.0 Å². The smallest absolute Gasteiger partial charge is 0.241 e. The third-order valence-electron chi connectivity index (χ3n) is 3.05. The van der Waals surface area contributed by atoms with Crippen LogP contribution in [-0.2, 0) is 16.6 Å². The Hall–Kier alpha value is -1.21. The third-order valence-corrected chi connectivity index (χ3v) is 5.68. The van der Waals surface area contributed by atoms with Crippen molar-refractivity contribution in [3.63, 3.8) is 0 Å². The van der Waals surface area contributed by atoms with E-state index in [0.29, 0.717) is 6.54 Å². The molecule has 1 heterocycles. The number of nitrogens with two attached hydrogens (primary N) is 1. The van der Waals surface area contributed by atoms with Gasteiger partial charge in [0.05, 0.1) is 4.90 Å². The van der Waals surface area contributed by atoms with Crippen LogP contribution in [0.3, 0.4) is 0 Å². The van der Waals surface area contributed by atoms with Crippen molar-refractivity contribution in [1.82, 2.24) is 4.72 Å². The lowest BCUT2D eigenvalue weighted by Gasteiger charge is -2.14. The van der Waals surface area contributed by atoms with Gasteiger partial charge in [-0.3, -0.25) is 0 Å². The summed E-state index contributed by atoms with van der Waals surface area (Å²) in [5, 5.41) is 1.62. The summed E-state index contributed by atoms with van der Waals surface area (Å²) >= 11 is 1.36. The van der Waals surface area contributed by atoms with Crippen LogP contribution in [0.4, 0.5) is 0 Å². The molecule has 1 aromatic carbocycles. The Morgan fingerprint density at radius 1 is 1.30 bits per heavy atom. The molecule has 3 N–H and O–H groups in total. The topological polar surface area (TPSA) is 72.2 Å². The zero-order valence-electron chi connectivity index (χ0n) is 11.5. The minimum atomic E-state index is -3.50. The number of benzene rings is 1. The van der Waals surface area contributed by atoms with E-state index in [1.165, 1.54) is 11.3 Å². The summed E-state index contributed by atoms with van der Waals surface area (Å²) < 4.78 is 27.2. The minimum absolute atomic E-state index is 0.276. The van der Waals surface area contributed by atoms with Crippen LogP contribution < -0.4 is 10.5 Å². The highest BCUT2D eigenvalue weighted by molar-refractivity contribution is 7.89. The lowest BCUT2D eigenvalue weighted by molar-refractivity contribution is 0.567. The third kappa shape index (κ3) is 3.46. The summed E-state index contributed by atoms with van der Waals surface area (Å²) in [6, 6.07) is 9.15. The van der Waals surface area contributed by atoms with Crippen LogP contribution in [0.5, 0.6) is 0 Å². The molecule has 108 valence electrons. The van der Waals surface area contributed by atoms with Crippen molar-refractivity contribution >= 4 is 21.4 Å². The van der Waals surface area contributed by atoms with E-state index in [4.69, 9.17) is 5.73 Å². The first-order valence-corrected chi connectivity index (χ1v) is 8.65. The first kappa shape index (κ1) is 15.2. The van der Waals surface area contributed by atoms with Crippen LogP contribution in [0.15, 0.2) is 40.6 Å². The summed E-state index contributed by atoms with van der Waals surface area (Å²) in [4.78, 5) is 1.13. The Kier molecular flexibility index (Phi) is 4.59. The highest BCUT2D eigenvalue weighted by Gasteiger charge is 2.19. The van der Waals surface area contributed by atoms with Crippen molar-refractivity contribution in [2.24, 2.45) is 5.73 Å². The molecule has 2 aromatic rings. The largest absolute Gasteiger partial charge is 0.326 e. The van der Waals surface area contributed by atoms with Gasteiger partial charge < -0.3 is 5.73 Å². The van der Waals surface area contributed by atoms with Crippen molar-refractivity contribution in [2.45, 2.75) is 31.3 Å². The molecule has 1 aromatic heterocycles. The van der Waals surface area contributed by atoms with Gasteiger partial charge in [-0.15, -0.1) is 11.3 Å². The fraction of sp³-hybridized carbons (Fsp3) is 0.286. The van der Waals surface area contributed by atoms with Crippen molar-refractivity contribution in [1.29, 1.82) is 0 Å². The molecule has 0 aliphatic heterocycles. The maximum atomic E-state index is 12.3. The van der Waals surface area contributed by atoms with Crippen molar-refractivity contribution in [3.8, 4) is 0 Å². The van der Waals surface area contributed by atoms with Gasteiger partial charge in [-0.2, -0.15) is 0 Å². The zero-order chi connectivity index (χ0) is 14.8. The standard InChI is InChI=1S/C14H18N2O2S2/c1-10-3-5-12(6-4-10)11(2)16-20(17,18)14-7-13(8-15)19-9-14/h3-7,9,11,16H,8,15H2,1-2H3. The van der Waals surface area contributed by atoms with Gasteiger partial charge in [-0.1, -0.05) is 29.8 Å². The van der Waals surface area contributed by atoms with Crippen LogP contribution in [0.1, 0.15) is 29.0 Å². The lowest BCUT2D eigenvalue weighted by atomic mass is 10.1. The van der Waals surface area contributed by atoms with E-state index in [9.17, 15) is 8.42 Å². The quantitative estimate of drug-likeness (QED) is 0.891. The van der Waals surface area contributed by atoms with Crippen LogP contribution in [-0.4, -0.2) is 8.42 Å². The first-order chi connectivity index (χ1) is 9.42. The van der Waals surface area contributed by atoms with Gasteiger partial charge in [0.15, 0.2) is 0 Å². The van der Waals surface area contributed by atoms with E-state index in [1.807, 2.05) is 38.1 Å². The molecule has 0 aliphatic rings. The summed E-state index contributed by atoms with van der Waals surface area (Å²) in [7, 11) is -3.50. The molecule has 0 fully saturated rings. The Morgan fingerprint density at radius 3 is 2.50 bits per heavy atom. The molecular weight excluding hydrogens is 292 g/mol. The second-order valence-electron chi connectivity index (χ2n) is 4.71. The molecule has 0 saturated heterocycles. The Balaban J connectivity index is 2.17. The van der Waals surface area contributed by atoms with E-state index in [2.05, 4.69) is 4.72 Å². The van der Waals surface area contributed by atoms with Gasteiger partial charge in [0, 0.05) is 22.8 Å². The molecule has 0 aliphatic carbocycles. The number of rotatable bonds is 5. The van der Waals surface area contributed by atoms with E-state index < -0.39 is 10.0 Å². The number of hydrogen-bond acceptors (Lipinski definition) is 4. The van der Waals surface area contributed by atoms with Gasteiger partial charge in [0.2, 0.25) is 10.0 Å². The van der Waals surface area contributed by atoms with Gasteiger partial charge >= 0.3 is 0 Å². The van der Waals surface area contributed by atoms with Gasteiger partial charge in [-0.25, -0.2) is 13.1 Å². The fourth-order valence-corrected chi connectivity index (χ4v) is 4.22. The number of aryl methyl sites for hydroxylation is 1. The van der Waals surface area contributed by atoms with E-state index in [1.54, 1.807) is 11.4 Å². The molecular formula is C14H18N2O2S2. The van der Waals surface area contributed by atoms with Crippen molar-refractivity contribution in [3.05, 3.63) is 51.7 Å². The molecule has 0 radical (unpaired) electrons. The predicted octanol–water partition coefficient (Wildman–Crippen LogP) is 2.55. The average molecular weight is 310 g/mol. The monoisotopic (exact) mass is 310 g/mol. The lowest BCUT2D eigenvalue weighted by Crippen LogP contribution is -2.26. The second kappa shape index (κ2) is 6.05. The molecule has 0 saturated carbocycles. The SMILES string of the molecule is Cc1ccc(C(C)NS(=O)(=O)c2csc(CN)c2)cc1. The Bertz CT molecular complexity index is 675. The first-order valence-electron chi connectivity index (χ1n) is 6.29. The number of hydrogen-bond donors (Lipinski definition) is 2. The van der Waals surface area contributed by atoms with Crippen molar-refractivity contribution in [2.75, 3.05) is 0 Å². The summed E-state index contributed by atoms with van der Waals surface area (Å²) in [5.74, 6) is 0. The Morgan fingerprint density at radius 2 is 1.95 bits per heavy atom. The number of nitrogens with one attached hydrogen (secondary N) is 1. The predicted molar refractivity (Wildman–Crippen MR) is 82.1 cm³/mol. The molecule has 20 heavy (non-hydrogen) atoms. The summed E-state index contributed by atoms with van der Waals surface area (Å²) in [6.45, 7) is 4.18. The van der Waals surface area contributed by atoms with Gasteiger partial charge in [0.25, 0.3) is 0 Å². The van der Waals surface area contributed by atoms with Crippen LogP contribution in [0.2, 0.25) is 0 Å². The highest BCUT2D eigenvalue weighted by Crippen LogP contribution is 2.21. The molecule has 2 rings (SSSR count). The van der Waals surface area contributed by atoms with Crippen LogP contribution in [0, 0.1) is 6.92 Å².